The van der Waals surface area contributed by atoms with E-state index in [1.165, 1.54) is 0 Å². The fourth-order valence-corrected chi connectivity index (χ4v) is 3.79. The van der Waals surface area contributed by atoms with Crippen LogP contribution in [-0.2, 0) is 0 Å². The van der Waals surface area contributed by atoms with Crippen LogP contribution < -0.4 is 10.9 Å². The van der Waals surface area contributed by atoms with E-state index < -0.39 is 0 Å². The average Bonchev–Trinajstić information content (AvgIpc) is 3.03. The molecule has 1 aliphatic rings. The number of halogens is 1. The van der Waals surface area contributed by atoms with Crippen molar-refractivity contribution in [1.29, 1.82) is 5.26 Å². The number of hydrogen-bond donors (Lipinski definition) is 2. The Labute approximate surface area is 155 Å². The Kier molecular flexibility index (Phi) is 4.39. The number of pyridine rings is 1. The molecule has 0 unspecified atom stereocenters. The zero-order valence-electron chi connectivity index (χ0n) is 14.1. The summed E-state index contributed by atoms with van der Waals surface area (Å²) >= 11 is 5.94. The molecular formula is C19H18ClN5O. The highest BCUT2D eigenvalue weighted by Gasteiger charge is 2.29. The summed E-state index contributed by atoms with van der Waals surface area (Å²) in [7, 11) is 0. The van der Waals surface area contributed by atoms with E-state index in [1.807, 2.05) is 22.9 Å². The Bertz CT molecular complexity index is 1030. The van der Waals surface area contributed by atoms with Gasteiger partial charge in [-0.2, -0.15) is 10.4 Å². The van der Waals surface area contributed by atoms with Crippen LogP contribution in [-0.4, -0.2) is 14.8 Å². The number of anilines is 2. The lowest BCUT2D eigenvalue weighted by Crippen LogP contribution is -2.23. The van der Waals surface area contributed by atoms with Crippen LogP contribution in [0, 0.1) is 17.2 Å². The highest BCUT2D eigenvalue weighted by atomic mass is 35.5. The smallest absolute Gasteiger partial charge is 0.261 e. The normalized spacial score (nSPS) is 20.0. The maximum absolute atomic E-state index is 12.5. The molecule has 1 fully saturated rings. The fraction of sp³-hybridized carbons (Fsp3) is 0.316. The van der Waals surface area contributed by atoms with Gasteiger partial charge in [0.1, 0.15) is 5.39 Å². The number of rotatable bonds is 3. The van der Waals surface area contributed by atoms with Crippen LogP contribution in [0.1, 0.15) is 31.7 Å². The van der Waals surface area contributed by atoms with Crippen molar-refractivity contribution >= 4 is 34.0 Å². The second-order valence-electron chi connectivity index (χ2n) is 6.58. The molecule has 0 aliphatic heterocycles. The van der Waals surface area contributed by atoms with Crippen LogP contribution in [0.3, 0.4) is 0 Å². The first-order valence-electron chi connectivity index (χ1n) is 8.69. The van der Waals surface area contributed by atoms with Gasteiger partial charge in [-0.3, -0.25) is 9.48 Å². The maximum atomic E-state index is 12.5. The van der Waals surface area contributed by atoms with E-state index in [2.05, 4.69) is 16.4 Å². The van der Waals surface area contributed by atoms with Gasteiger partial charge in [-0.15, -0.1) is 0 Å². The van der Waals surface area contributed by atoms with E-state index in [0.717, 1.165) is 36.9 Å². The zero-order valence-corrected chi connectivity index (χ0v) is 14.8. The van der Waals surface area contributed by atoms with E-state index in [1.54, 1.807) is 18.3 Å². The van der Waals surface area contributed by atoms with Gasteiger partial charge in [0.15, 0.2) is 5.82 Å². The van der Waals surface area contributed by atoms with Gasteiger partial charge < -0.3 is 10.3 Å². The number of H-pyrrole nitrogens is 1. The van der Waals surface area contributed by atoms with Crippen molar-refractivity contribution in [3.05, 3.63) is 51.9 Å². The van der Waals surface area contributed by atoms with Crippen molar-refractivity contribution < 1.29 is 0 Å². The molecule has 2 atom stereocenters. The second kappa shape index (κ2) is 6.85. The van der Waals surface area contributed by atoms with E-state index in [0.29, 0.717) is 16.2 Å². The molecule has 1 aliphatic carbocycles. The van der Waals surface area contributed by atoms with Crippen molar-refractivity contribution in [3.63, 3.8) is 0 Å². The Morgan fingerprint density at radius 1 is 1.23 bits per heavy atom. The quantitative estimate of drug-likeness (QED) is 0.719. The van der Waals surface area contributed by atoms with Crippen molar-refractivity contribution in [1.82, 2.24) is 14.8 Å². The second-order valence-corrected chi connectivity index (χ2v) is 7.02. The van der Waals surface area contributed by atoms with Crippen LogP contribution in [0.15, 0.2) is 41.3 Å². The average molecular weight is 368 g/mol. The van der Waals surface area contributed by atoms with E-state index in [-0.39, 0.29) is 17.5 Å². The molecule has 0 saturated heterocycles. The highest BCUT2D eigenvalue weighted by Crippen LogP contribution is 2.36. The molecule has 2 N–H and O–H groups in total. The summed E-state index contributed by atoms with van der Waals surface area (Å²) in [5, 5.41) is 18.6. The largest absolute Gasteiger partial charge is 0.338 e. The lowest BCUT2D eigenvalue weighted by atomic mass is 9.85. The molecule has 26 heavy (non-hydrogen) atoms. The van der Waals surface area contributed by atoms with Gasteiger partial charge in [0, 0.05) is 16.9 Å². The zero-order chi connectivity index (χ0) is 18.1. The van der Waals surface area contributed by atoms with Crippen LogP contribution in [0.4, 0.5) is 11.5 Å². The molecular weight excluding hydrogens is 350 g/mol. The summed E-state index contributed by atoms with van der Waals surface area (Å²) in [6, 6.07) is 11.5. The van der Waals surface area contributed by atoms with Crippen LogP contribution in [0.5, 0.6) is 0 Å². The van der Waals surface area contributed by atoms with Gasteiger partial charge in [-0.25, -0.2) is 0 Å². The third kappa shape index (κ3) is 2.95. The molecule has 4 rings (SSSR count). The lowest BCUT2D eigenvalue weighted by Gasteiger charge is -2.27. The number of aromatic nitrogens is 3. The van der Waals surface area contributed by atoms with E-state index in [9.17, 15) is 10.1 Å². The fourth-order valence-electron chi connectivity index (χ4n) is 3.66. The predicted molar refractivity (Wildman–Crippen MR) is 102 cm³/mol. The first-order chi connectivity index (χ1) is 12.7. The molecule has 1 aromatic carbocycles. The topological polar surface area (TPSA) is 86.5 Å². The minimum absolute atomic E-state index is 0.0150. The summed E-state index contributed by atoms with van der Waals surface area (Å²) < 4.78 is 1.86. The number of nitriles is 1. The number of nitrogens with one attached hydrogen (secondary N) is 2. The summed E-state index contributed by atoms with van der Waals surface area (Å²) in [4.78, 5) is 15.2. The predicted octanol–water partition coefficient (Wildman–Crippen LogP) is 4.38. The van der Waals surface area contributed by atoms with E-state index in [4.69, 9.17) is 16.7 Å². The number of aromatic amines is 1. The van der Waals surface area contributed by atoms with Gasteiger partial charge in [0.25, 0.3) is 5.56 Å². The van der Waals surface area contributed by atoms with Crippen molar-refractivity contribution in [2.45, 2.75) is 31.7 Å². The summed E-state index contributed by atoms with van der Waals surface area (Å²) in [6.45, 7) is 0. The standard InChI is InChI=1S/C19H18ClN5O/c20-13-5-7-14(8-6-13)23-18-17-16(9-10-22-19(17)26)25(24-18)15-4-2-1-3-12(15)11-21/h5-10,12,15H,1-4H2,(H,22,26)(H,23,24)/t12-,15+/m1/s1. The third-order valence-electron chi connectivity index (χ3n) is 4.95. The molecule has 0 spiro atoms. The van der Waals surface area contributed by atoms with Gasteiger partial charge in [0.05, 0.1) is 23.5 Å². The molecule has 7 heteroatoms. The highest BCUT2D eigenvalue weighted by molar-refractivity contribution is 6.30. The number of fused-ring (bicyclic) bond motifs is 1. The van der Waals surface area contributed by atoms with Gasteiger partial charge in [-0.1, -0.05) is 24.4 Å². The van der Waals surface area contributed by atoms with Crippen LogP contribution in [0.2, 0.25) is 5.02 Å². The number of benzene rings is 1. The summed E-state index contributed by atoms with van der Waals surface area (Å²) in [6.07, 6.45) is 5.50. The van der Waals surface area contributed by atoms with Crippen molar-refractivity contribution in [2.75, 3.05) is 5.32 Å². The van der Waals surface area contributed by atoms with Crippen molar-refractivity contribution in [3.8, 4) is 6.07 Å². The molecule has 6 nitrogen and oxygen atoms in total. The molecule has 0 bridgehead atoms. The number of nitrogens with zero attached hydrogens (tertiary/aromatic N) is 3. The molecule has 1 saturated carbocycles. The Morgan fingerprint density at radius 3 is 2.77 bits per heavy atom. The molecule has 0 amide bonds. The summed E-state index contributed by atoms with van der Waals surface area (Å²) in [5.74, 6) is 0.404. The minimum Gasteiger partial charge on any atom is -0.338 e. The third-order valence-corrected chi connectivity index (χ3v) is 5.20. The molecule has 132 valence electrons. The lowest BCUT2D eigenvalue weighted by molar-refractivity contribution is 0.277. The Balaban J connectivity index is 1.82. The first-order valence-corrected chi connectivity index (χ1v) is 9.07. The number of hydrogen-bond acceptors (Lipinski definition) is 4. The SMILES string of the molecule is N#C[C@H]1CCCC[C@@H]1n1nc(Nc2ccc(Cl)cc2)c2c(=O)[nH]ccc21. The first kappa shape index (κ1) is 16.7. The Hall–Kier alpha value is -2.78. The molecule has 2 heterocycles. The Morgan fingerprint density at radius 2 is 2.00 bits per heavy atom. The van der Waals surface area contributed by atoms with Gasteiger partial charge in [-0.05, 0) is 43.2 Å². The molecule has 0 radical (unpaired) electrons. The molecule has 3 aromatic rings. The van der Waals surface area contributed by atoms with Gasteiger partial charge >= 0.3 is 0 Å². The minimum atomic E-state index is -0.200. The molecule has 2 aromatic heterocycles. The van der Waals surface area contributed by atoms with Crippen LogP contribution in [0.25, 0.3) is 10.9 Å². The van der Waals surface area contributed by atoms with Gasteiger partial charge in [0.2, 0.25) is 0 Å². The van der Waals surface area contributed by atoms with Crippen LogP contribution >= 0.6 is 11.6 Å². The monoisotopic (exact) mass is 367 g/mol. The van der Waals surface area contributed by atoms with Crippen molar-refractivity contribution in [2.24, 2.45) is 5.92 Å². The van der Waals surface area contributed by atoms with E-state index >= 15 is 0 Å². The maximum Gasteiger partial charge on any atom is 0.261 e. The summed E-state index contributed by atoms with van der Waals surface area (Å²) in [5.41, 5.74) is 1.34.